The molecule has 1 aliphatic rings. The molecule has 0 bridgehead atoms. The predicted molar refractivity (Wildman–Crippen MR) is 64.7 cm³/mol. The first kappa shape index (κ1) is 11.7. The molecular weight excluding hydrogens is 220 g/mol. The van der Waals surface area contributed by atoms with Gasteiger partial charge < -0.3 is 20.5 Å². The fraction of sp³-hybridized carbons (Fsp3) is 0.417. The van der Waals surface area contributed by atoms with Crippen LogP contribution in [0.3, 0.4) is 0 Å². The predicted octanol–water partition coefficient (Wildman–Crippen LogP) is 0.929. The lowest BCUT2D eigenvalue weighted by Crippen LogP contribution is -2.49. The minimum atomic E-state index is -0.957. The second-order valence-electron chi connectivity index (χ2n) is 4.23. The number of hydrogen-bond donors (Lipinski definition) is 2. The van der Waals surface area contributed by atoms with Crippen LogP contribution in [0, 0.1) is 0 Å². The highest BCUT2D eigenvalue weighted by atomic mass is 16.5. The van der Waals surface area contributed by atoms with Gasteiger partial charge >= 0.3 is 5.97 Å². The molecule has 2 unspecified atom stereocenters. The Morgan fingerprint density at radius 1 is 1.59 bits per heavy atom. The zero-order valence-electron chi connectivity index (χ0n) is 9.88. The summed E-state index contributed by atoms with van der Waals surface area (Å²) >= 11 is 0. The SMILES string of the molecule is CC1C(CN)Oc2cc(C(=O)O)ccc2N1C. The molecule has 0 aromatic heterocycles. The normalized spacial score (nSPS) is 22.9. The van der Waals surface area contributed by atoms with Crippen molar-refractivity contribution >= 4 is 11.7 Å². The van der Waals surface area contributed by atoms with E-state index in [9.17, 15) is 4.79 Å². The molecule has 0 fully saturated rings. The molecule has 0 amide bonds. The first-order valence-electron chi connectivity index (χ1n) is 5.51. The van der Waals surface area contributed by atoms with Crippen LogP contribution in [-0.2, 0) is 0 Å². The van der Waals surface area contributed by atoms with Gasteiger partial charge in [0.1, 0.15) is 11.9 Å². The zero-order chi connectivity index (χ0) is 12.6. The Kier molecular flexibility index (Phi) is 2.93. The van der Waals surface area contributed by atoms with Crippen molar-refractivity contribution in [2.24, 2.45) is 5.73 Å². The molecule has 0 spiro atoms. The van der Waals surface area contributed by atoms with Crippen LogP contribution in [-0.4, -0.2) is 36.8 Å². The highest BCUT2D eigenvalue weighted by Gasteiger charge is 2.30. The average molecular weight is 236 g/mol. The number of anilines is 1. The second-order valence-corrected chi connectivity index (χ2v) is 4.23. The summed E-state index contributed by atoms with van der Waals surface area (Å²) in [6, 6.07) is 5.06. The molecular formula is C12H16N2O3. The Bertz CT molecular complexity index is 447. The van der Waals surface area contributed by atoms with Gasteiger partial charge in [-0.05, 0) is 25.1 Å². The Morgan fingerprint density at radius 2 is 2.29 bits per heavy atom. The molecule has 0 saturated heterocycles. The Balaban J connectivity index is 2.42. The van der Waals surface area contributed by atoms with Crippen LogP contribution in [0.2, 0.25) is 0 Å². The number of rotatable bonds is 2. The third kappa shape index (κ3) is 1.93. The molecule has 92 valence electrons. The first-order valence-corrected chi connectivity index (χ1v) is 5.51. The molecule has 0 saturated carbocycles. The summed E-state index contributed by atoms with van der Waals surface area (Å²) in [5.41, 5.74) is 6.76. The fourth-order valence-corrected chi connectivity index (χ4v) is 2.01. The van der Waals surface area contributed by atoms with Gasteiger partial charge in [-0.15, -0.1) is 0 Å². The molecule has 17 heavy (non-hydrogen) atoms. The van der Waals surface area contributed by atoms with Crippen LogP contribution in [0.5, 0.6) is 5.75 Å². The Hall–Kier alpha value is -1.75. The number of carbonyl (C=O) groups is 1. The largest absolute Gasteiger partial charge is 0.485 e. The number of nitrogens with zero attached hydrogens (tertiary/aromatic N) is 1. The van der Waals surface area contributed by atoms with Crippen molar-refractivity contribution in [3.05, 3.63) is 23.8 Å². The van der Waals surface area contributed by atoms with Crippen molar-refractivity contribution in [1.82, 2.24) is 0 Å². The van der Waals surface area contributed by atoms with Crippen LogP contribution in [0.1, 0.15) is 17.3 Å². The lowest BCUT2D eigenvalue weighted by atomic mass is 10.1. The van der Waals surface area contributed by atoms with E-state index in [-0.39, 0.29) is 17.7 Å². The van der Waals surface area contributed by atoms with Crippen molar-refractivity contribution in [3.8, 4) is 5.75 Å². The third-order valence-corrected chi connectivity index (χ3v) is 3.25. The minimum Gasteiger partial charge on any atom is -0.485 e. The number of ether oxygens (including phenoxy) is 1. The van der Waals surface area contributed by atoms with Gasteiger partial charge in [0, 0.05) is 13.6 Å². The third-order valence-electron chi connectivity index (χ3n) is 3.25. The molecule has 1 aromatic carbocycles. The summed E-state index contributed by atoms with van der Waals surface area (Å²) in [4.78, 5) is 12.9. The molecule has 0 radical (unpaired) electrons. The van der Waals surface area contributed by atoms with E-state index in [0.29, 0.717) is 12.3 Å². The number of fused-ring (bicyclic) bond motifs is 1. The summed E-state index contributed by atoms with van der Waals surface area (Å²) in [7, 11) is 1.95. The number of benzene rings is 1. The van der Waals surface area contributed by atoms with Crippen molar-refractivity contribution in [2.45, 2.75) is 19.1 Å². The maximum atomic E-state index is 10.9. The van der Waals surface area contributed by atoms with Gasteiger partial charge in [-0.3, -0.25) is 0 Å². The lowest BCUT2D eigenvalue weighted by molar-refractivity contribution is 0.0695. The standard InChI is InChI=1S/C12H16N2O3/c1-7-11(6-13)17-10-5-8(12(15)16)3-4-9(10)14(7)2/h3-5,7,11H,6,13H2,1-2H3,(H,15,16). The van der Waals surface area contributed by atoms with Crippen molar-refractivity contribution in [3.63, 3.8) is 0 Å². The highest BCUT2D eigenvalue weighted by Crippen LogP contribution is 2.35. The van der Waals surface area contributed by atoms with E-state index in [1.54, 1.807) is 18.2 Å². The maximum Gasteiger partial charge on any atom is 0.335 e. The Labute approximate surface area is 99.8 Å². The van der Waals surface area contributed by atoms with Crippen LogP contribution in [0.15, 0.2) is 18.2 Å². The fourth-order valence-electron chi connectivity index (χ4n) is 2.01. The molecule has 5 nitrogen and oxygen atoms in total. The van der Waals surface area contributed by atoms with E-state index in [4.69, 9.17) is 15.6 Å². The molecule has 0 aliphatic carbocycles. The molecule has 3 N–H and O–H groups in total. The van der Waals surface area contributed by atoms with E-state index in [1.807, 2.05) is 14.0 Å². The van der Waals surface area contributed by atoms with Crippen molar-refractivity contribution in [1.29, 1.82) is 0 Å². The van der Waals surface area contributed by atoms with E-state index < -0.39 is 5.97 Å². The number of hydrogen-bond acceptors (Lipinski definition) is 4. The van der Waals surface area contributed by atoms with Gasteiger partial charge in [0.05, 0.1) is 17.3 Å². The van der Waals surface area contributed by atoms with Gasteiger partial charge in [0.2, 0.25) is 0 Å². The zero-order valence-corrected chi connectivity index (χ0v) is 9.88. The van der Waals surface area contributed by atoms with Crippen molar-refractivity contribution in [2.75, 3.05) is 18.5 Å². The monoisotopic (exact) mass is 236 g/mol. The van der Waals surface area contributed by atoms with Gasteiger partial charge in [-0.1, -0.05) is 0 Å². The van der Waals surface area contributed by atoms with Crippen LogP contribution < -0.4 is 15.4 Å². The van der Waals surface area contributed by atoms with E-state index in [2.05, 4.69) is 4.90 Å². The van der Waals surface area contributed by atoms with Gasteiger partial charge in [0.15, 0.2) is 0 Å². The average Bonchev–Trinajstić information content (AvgIpc) is 2.33. The molecule has 2 rings (SSSR count). The second kappa shape index (κ2) is 4.25. The number of aromatic carboxylic acids is 1. The van der Waals surface area contributed by atoms with E-state index in [0.717, 1.165) is 5.69 Å². The summed E-state index contributed by atoms with van der Waals surface area (Å²) in [6.07, 6.45) is -0.114. The highest BCUT2D eigenvalue weighted by molar-refractivity contribution is 5.89. The summed E-state index contributed by atoms with van der Waals surface area (Å²) < 4.78 is 5.72. The molecule has 1 aliphatic heterocycles. The lowest BCUT2D eigenvalue weighted by Gasteiger charge is -2.39. The van der Waals surface area contributed by atoms with Gasteiger partial charge in [-0.25, -0.2) is 4.79 Å². The summed E-state index contributed by atoms with van der Waals surface area (Å²) in [6.45, 7) is 2.44. The summed E-state index contributed by atoms with van der Waals surface area (Å²) in [5, 5.41) is 8.93. The van der Waals surface area contributed by atoms with E-state index >= 15 is 0 Å². The smallest absolute Gasteiger partial charge is 0.335 e. The number of carboxylic acid groups (broad SMARTS) is 1. The molecule has 5 heteroatoms. The van der Waals surface area contributed by atoms with Crippen LogP contribution in [0.25, 0.3) is 0 Å². The maximum absolute atomic E-state index is 10.9. The Morgan fingerprint density at radius 3 is 2.88 bits per heavy atom. The van der Waals surface area contributed by atoms with Crippen LogP contribution >= 0.6 is 0 Å². The summed E-state index contributed by atoms with van der Waals surface area (Å²) in [5.74, 6) is -0.372. The molecule has 1 heterocycles. The number of carboxylic acids is 1. The number of nitrogens with two attached hydrogens (primary N) is 1. The van der Waals surface area contributed by atoms with Crippen LogP contribution in [0.4, 0.5) is 5.69 Å². The molecule has 2 atom stereocenters. The molecule has 1 aromatic rings. The minimum absolute atomic E-state index is 0.114. The quantitative estimate of drug-likeness (QED) is 0.799. The van der Waals surface area contributed by atoms with Crippen molar-refractivity contribution < 1.29 is 14.6 Å². The van der Waals surface area contributed by atoms with Gasteiger partial charge in [0.25, 0.3) is 0 Å². The first-order chi connectivity index (χ1) is 8.04. The number of likely N-dealkylation sites (N-methyl/N-ethyl adjacent to an activating group) is 1. The van der Waals surface area contributed by atoms with E-state index in [1.165, 1.54) is 0 Å². The van der Waals surface area contributed by atoms with Gasteiger partial charge in [-0.2, -0.15) is 0 Å². The topological polar surface area (TPSA) is 75.8 Å².